The molecule has 3 rings (SSSR count). The van der Waals surface area contributed by atoms with E-state index >= 15 is 0 Å². The first-order valence-electron chi connectivity index (χ1n) is 7.67. The molecular weight excluding hydrogens is 306 g/mol. The number of H-pyrrole nitrogens is 1. The number of para-hydroxylation sites is 3. The first-order chi connectivity index (χ1) is 11.2. The van der Waals surface area contributed by atoms with E-state index in [9.17, 15) is 4.79 Å². The molecule has 1 amide bonds. The van der Waals surface area contributed by atoms with Crippen molar-refractivity contribution in [3.63, 3.8) is 0 Å². The number of rotatable bonds is 5. The van der Waals surface area contributed by atoms with Crippen LogP contribution in [-0.2, 0) is 4.79 Å². The van der Waals surface area contributed by atoms with Crippen LogP contribution in [0.5, 0.6) is 0 Å². The molecule has 1 heterocycles. The highest BCUT2D eigenvalue weighted by Crippen LogP contribution is 2.26. The molecule has 23 heavy (non-hydrogen) atoms. The van der Waals surface area contributed by atoms with Crippen molar-refractivity contribution in [1.82, 2.24) is 9.97 Å². The summed E-state index contributed by atoms with van der Waals surface area (Å²) < 4.78 is 0. The van der Waals surface area contributed by atoms with Crippen molar-refractivity contribution in [2.45, 2.75) is 24.3 Å². The number of fused-ring (bicyclic) bond motifs is 1. The lowest BCUT2D eigenvalue weighted by Crippen LogP contribution is -2.36. The van der Waals surface area contributed by atoms with E-state index in [2.05, 4.69) is 9.97 Å². The summed E-state index contributed by atoms with van der Waals surface area (Å²) in [4.78, 5) is 22.4. The smallest absolute Gasteiger partial charge is 0.240 e. The number of aromatic nitrogens is 2. The van der Waals surface area contributed by atoms with Crippen molar-refractivity contribution in [2.24, 2.45) is 0 Å². The van der Waals surface area contributed by atoms with Gasteiger partial charge in [0, 0.05) is 12.2 Å². The van der Waals surface area contributed by atoms with Gasteiger partial charge in [0.2, 0.25) is 5.91 Å². The van der Waals surface area contributed by atoms with Gasteiger partial charge in [0.1, 0.15) is 0 Å². The second-order valence-electron chi connectivity index (χ2n) is 5.24. The maximum atomic E-state index is 12.8. The molecule has 0 radical (unpaired) electrons. The third-order valence-electron chi connectivity index (χ3n) is 3.65. The molecule has 0 unspecified atom stereocenters. The van der Waals surface area contributed by atoms with Crippen LogP contribution in [0.4, 0.5) is 5.69 Å². The van der Waals surface area contributed by atoms with E-state index in [0.29, 0.717) is 6.54 Å². The van der Waals surface area contributed by atoms with Crippen molar-refractivity contribution in [3.8, 4) is 0 Å². The lowest BCUT2D eigenvalue weighted by Gasteiger charge is -2.23. The van der Waals surface area contributed by atoms with Crippen LogP contribution in [0.25, 0.3) is 11.0 Å². The van der Waals surface area contributed by atoms with Crippen molar-refractivity contribution in [2.75, 3.05) is 11.4 Å². The van der Waals surface area contributed by atoms with Crippen molar-refractivity contribution >= 4 is 34.4 Å². The molecule has 0 bridgehead atoms. The molecule has 0 saturated carbocycles. The summed E-state index contributed by atoms with van der Waals surface area (Å²) in [6.45, 7) is 4.56. The zero-order valence-electron chi connectivity index (χ0n) is 13.2. The fraction of sp³-hybridized carbons (Fsp3) is 0.222. The standard InChI is InChI=1S/C18H19N3OS/c1-3-21(14-9-5-4-6-10-14)17(22)13(2)23-18-19-15-11-7-8-12-16(15)20-18/h4-13H,3H2,1-2H3,(H,19,20)/t13-/m1/s1. The van der Waals surface area contributed by atoms with Gasteiger partial charge in [-0.05, 0) is 38.1 Å². The SMILES string of the molecule is CCN(C(=O)[C@@H](C)Sc1nc2ccccc2[nH]1)c1ccccc1. The van der Waals surface area contributed by atoms with Gasteiger partial charge in [-0.2, -0.15) is 0 Å². The molecular formula is C18H19N3OS. The number of anilines is 1. The number of hydrogen-bond donors (Lipinski definition) is 1. The molecule has 0 saturated heterocycles. The Labute approximate surface area is 139 Å². The third kappa shape index (κ3) is 3.40. The Morgan fingerprint density at radius 1 is 1.17 bits per heavy atom. The topological polar surface area (TPSA) is 49.0 Å². The molecule has 4 nitrogen and oxygen atoms in total. The van der Waals surface area contributed by atoms with E-state index < -0.39 is 0 Å². The van der Waals surface area contributed by atoms with E-state index in [1.165, 1.54) is 11.8 Å². The van der Waals surface area contributed by atoms with E-state index in [-0.39, 0.29) is 11.2 Å². The molecule has 1 aromatic heterocycles. The number of imidazole rings is 1. The van der Waals surface area contributed by atoms with Crippen LogP contribution in [0.15, 0.2) is 59.8 Å². The highest BCUT2D eigenvalue weighted by molar-refractivity contribution is 8.00. The van der Waals surface area contributed by atoms with Gasteiger partial charge in [0.05, 0.1) is 16.3 Å². The van der Waals surface area contributed by atoms with E-state index in [4.69, 9.17) is 0 Å². The van der Waals surface area contributed by atoms with Gasteiger partial charge in [-0.15, -0.1) is 0 Å². The third-order valence-corrected chi connectivity index (χ3v) is 4.63. The highest BCUT2D eigenvalue weighted by atomic mass is 32.2. The van der Waals surface area contributed by atoms with Gasteiger partial charge in [0.25, 0.3) is 0 Å². The molecule has 3 aromatic rings. The number of hydrogen-bond acceptors (Lipinski definition) is 3. The summed E-state index contributed by atoms with van der Waals surface area (Å²) in [7, 11) is 0. The lowest BCUT2D eigenvalue weighted by molar-refractivity contribution is -0.117. The number of benzene rings is 2. The van der Waals surface area contributed by atoms with Gasteiger partial charge in [0.15, 0.2) is 5.16 Å². The number of nitrogens with one attached hydrogen (secondary N) is 1. The summed E-state index contributed by atoms with van der Waals surface area (Å²) in [5, 5.41) is 0.562. The Bertz CT molecular complexity index is 767. The van der Waals surface area contributed by atoms with Crippen LogP contribution in [0, 0.1) is 0 Å². The number of aromatic amines is 1. The molecule has 0 spiro atoms. The minimum atomic E-state index is -0.212. The number of thioether (sulfide) groups is 1. The quantitative estimate of drug-likeness (QED) is 0.719. The predicted molar refractivity (Wildman–Crippen MR) is 95.9 cm³/mol. The number of nitrogens with zero attached hydrogens (tertiary/aromatic N) is 2. The van der Waals surface area contributed by atoms with Crippen molar-refractivity contribution in [1.29, 1.82) is 0 Å². The Hall–Kier alpha value is -2.27. The largest absolute Gasteiger partial charge is 0.333 e. The maximum absolute atomic E-state index is 12.8. The molecule has 1 atom stereocenters. The lowest BCUT2D eigenvalue weighted by atomic mass is 10.2. The Kier molecular flexibility index (Phi) is 4.67. The van der Waals surface area contributed by atoms with Gasteiger partial charge < -0.3 is 9.88 Å². The molecule has 2 aromatic carbocycles. The number of carbonyl (C=O) groups excluding carboxylic acids is 1. The van der Waals surface area contributed by atoms with Crippen LogP contribution < -0.4 is 4.90 Å². The maximum Gasteiger partial charge on any atom is 0.240 e. The minimum Gasteiger partial charge on any atom is -0.333 e. The molecule has 0 fully saturated rings. The summed E-state index contributed by atoms with van der Waals surface area (Å²) in [6.07, 6.45) is 0. The minimum absolute atomic E-state index is 0.0872. The highest BCUT2D eigenvalue weighted by Gasteiger charge is 2.22. The predicted octanol–water partition coefficient (Wildman–Crippen LogP) is 4.10. The Morgan fingerprint density at radius 3 is 2.57 bits per heavy atom. The molecule has 1 N–H and O–H groups in total. The fourth-order valence-corrected chi connectivity index (χ4v) is 3.38. The first-order valence-corrected chi connectivity index (χ1v) is 8.55. The first kappa shape index (κ1) is 15.6. The Morgan fingerprint density at radius 2 is 1.87 bits per heavy atom. The zero-order chi connectivity index (χ0) is 16.2. The van der Waals surface area contributed by atoms with E-state index in [0.717, 1.165) is 21.9 Å². The normalized spacial score (nSPS) is 12.3. The molecule has 0 aliphatic heterocycles. The van der Waals surface area contributed by atoms with Gasteiger partial charge in [-0.1, -0.05) is 42.1 Å². The van der Waals surface area contributed by atoms with Crippen molar-refractivity contribution in [3.05, 3.63) is 54.6 Å². The summed E-state index contributed by atoms with van der Waals surface area (Å²) in [5.41, 5.74) is 2.84. The van der Waals surface area contributed by atoms with Crippen LogP contribution in [0.3, 0.4) is 0 Å². The van der Waals surface area contributed by atoms with Crippen LogP contribution >= 0.6 is 11.8 Å². The second-order valence-corrected chi connectivity index (χ2v) is 6.57. The summed E-state index contributed by atoms with van der Waals surface area (Å²) >= 11 is 1.46. The van der Waals surface area contributed by atoms with E-state index in [1.54, 1.807) is 4.90 Å². The number of amides is 1. The Balaban J connectivity index is 1.76. The van der Waals surface area contributed by atoms with Crippen LogP contribution in [0.2, 0.25) is 0 Å². The number of carbonyl (C=O) groups is 1. The van der Waals surface area contributed by atoms with Crippen LogP contribution in [0.1, 0.15) is 13.8 Å². The van der Waals surface area contributed by atoms with E-state index in [1.807, 2.05) is 68.4 Å². The molecule has 5 heteroatoms. The van der Waals surface area contributed by atoms with Gasteiger partial charge in [-0.3, -0.25) is 4.79 Å². The monoisotopic (exact) mass is 325 g/mol. The van der Waals surface area contributed by atoms with Gasteiger partial charge in [-0.25, -0.2) is 4.98 Å². The average Bonchev–Trinajstić information content (AvgIpc) is 2.98. The molecule has 118 valence electrons. The molecule has 0 aliphatic carbocycles. The van der Waals surface area contributed by atoms with Gasteiger partial charge >= 0.3 is 0 Å². The molecule has 0 aliphatic rings. The van der Waals surface area contributed by atoms with Crippen molar-refractivity contribution < 1.29 is 4.79 Å². The second kappa shape index (κ2) is 6.87. The van der Waals surface area contributed by atoms with Crippen LogP contribution in [-0.4, -0.2) is 27.7 Å². The zero-order valence-corrected chi connectivity index (χ0v) is 14.0. The summed E-state index contributed by atoms with van der Waals surface area (Å²) in [5.74, 6) is 0.0872. The average molecular weight is 325 g/mol. The summed E-state index contributed by atoms with van der Waals surface area (Å²) in [6, 6.07) is 17.6. The fourth-order valence-electron chi connectivity index (χ4n) is 2.50.